The zero-order valence-corrected chi connectivity index (χ0v) is 9.41. The molecular weight excluding hydrogens is 172 g/mol. The molecule has 0 aromatic rings. The number of rotatable bonds is 4. The third-order valence-corrected chi connectivity index (χ3v) is 4.08. The summed E-state index contributed by atoms with van der Waals surface area (Å²) in [5.41, 5.74) is 5.60. The minimum atomic E-state index is 0.807. The predicted octanol–water partition coefficient (Wildman–Crippen LogP) is 1.85. The normalized spacial score (nSPS) is 33.6. The van der Waals surface area contributed by atoms with Gasteiger partial charge in [-0.3, -0.25) is 0 Å². The van der Waals surface area contributed by atoms with Crippen molar-refractivity contribution in [2.75, 3.05) is 20.1 Å². The molecule has 2 heteroatoms. The summed E-state index contributed by atoms with van der Waals surface area (Å²) < 4.78 is 0. The van der Waals surface area contributed by atoms with Gasteiger partial charge in [-0.05, 0) is 44.6 Å². The Kier molecular flexibility index (Phi) is 3.45. The Labute approximate surface area is 87.8 Å². The van der Waals surface area contributed by atoms with Crippen molar-refractivity contribution in [2.24, 2.45) is 17.6 Å². The second-order valence-electron chi connectivity index (χ2n) is 5.19. The summed E-state index contributed by atoms with van der Waals surface area (Å²) in [5, 5.41) is 0. The van der Waals surface area contributed by atoms with Crippen molar-refractivity contribution >= 4 is 0 Å². The first kappa shape index (κ1) is 10.4. The van der Waals surface area contributed by atoms with Crippen LogP contribution < -0.4 is 5.73 Å². The SMILES string of the molecule is CN(CCN)C1CCCC(C2CC2)C1. The zero-order chi connectivity index (χ0) is 9.97. The van der Waals surface area contributed by atoms with E-state index >= 15 is 0 Å². The minimum absolute atomic E-state index is 0.807. The summed E-state index contributed by atoms with van der Waals surface area (Å²) in [6.07, 6.45) is 8.81. The van der Waals surface area contributed by atoms with Gasteiger partial charge in [0.25, 0.3) is 0 Å². The highest BCUT2D eigenvalue weighted by Gasteiger charge is 2.35. The van der Waals surface area contributed by atoms with E-state index in [1.165, 1.54) is 38.5 Å². The summed E-state index contributed by atoms with van der Waals surface area (Å²) in [7, 11) is 2.24. The van der Waals surface area contributed by atoms with Crippen molar-refractivity contribution in [1.82, 2.24) is 4.90 Å². The molecule has 0 heterocycles. The van der Waals surface area contributed by atoms with Crippen LogP contribution in [0, 0.1) is 11.8 Å². The lowest BCUT2D eigenvalue weighted by Gasteiger charge is -2.35. The van der Waals surface area contributed by atoms with Crippen LogP contribution in [-0.4, -0.2) is 31.1 Å². The quantitative estimate of drug-likeness (QED) is 0.743. The number of nitrogens with zero attached hydrogens (tertiary/aromatic N) is 1. The molecule has 2 fully saturated rings. The highest BCUT2D eigenvalue weighted by Crippen LogP contribution is 2.44. The molecule has 2 aliphatic rings. The Hall–Kier alpha value is -0.0800. The first-order valence-corrected chi connectivity index (χ1v) is 6.21. The predicted molar refractivity (Wildman–Crippen MR) is 60.2 cm³/mol. The highest BCUT2D eigenvalue weighted by atomic mass is 15.1. The maximum atomic E-state index is 5.60. The molecule has 2 N–H and O–H groups in total. The Morgan fingerprint density at radius 3 is 2.57 bits per heavy atom. The van der Waals surface area contributed by atoms with Gasteiger partial charge in [-0.15, -0.1) is 0 Å². The Morgan fingerprint density at radius 1 is 1.14 bits per heavy atom. The summed E-state index contributed by atoms with van der Waals surface area (Å²) in [6, 6.07) is 0.831. The van der Waals surface area contributed by atoms with Gasteiger partial charge in [0.2, 0.25) is 0 Å². The van der Waals surface area contributed by atoms with Gasteiger partial charge in [0.1, 0.15) is 0 Å². The second-order valence-corrected chi connectivity index (χ2v) is 5.19. The van der Waals surface area contributed by atoms with Crippen molar-refractivity contribution in [3.8, 4) is 0 Å². The fraction of sp³-hybridized carbons (Fsp3) is 1.00. The molecular formula is C12H24N2. The standard InChI is InChI=1S/C12H24N2/c1-14(8-7-13)12-4-2-3-11(9-12)10-5-6-10/h10-12H,2-9,13H2,1H3. The molecule has 82 valence electrons. The largest absolute Gasteiger partial charge is 0.329 e. The van der Waals surface area contributed by atoms with E-state index in [0.29, 0.717) is 0 Å². The molecule has 14 heavy (non-hydrogen) atoms. The lowest BCUT2D eigenvalue weighted by molar-refractivity contribution is 0.152. The Morgan fingerprint density at radius 2 is 1.93 bits per heavy atom. The molecule has 0 aromatic carbocycles. The van der Waals surface area contributed by atoms with E-state index in [4.69, 9.17) is 5.73 Å². The van der Waals surface area contributed by atoms with Crippen LogP contribution in [0.1, 0.15) is 38.5 Å². The van der Waals surface area contributed by atoms with E-state index < -0.39 is 0 Å². The second kappa shape index (κ2) is 4.63. The van der Waals surface area contributed by atoms with Crippen LogP contribution in [-0.2, 0) is 0 Å². The van der Waals surface area contributed by atoms with Gasteiger partial charge in [0.05, 0.1) is 0 Å². The van der Waals surface area contributed by atoms with Crippen LogP contribution in [0.4, 0.5) is 0 Å². The van der Waals surface area contributed by atoms with E-state index in [9.17, 15) is 0 Å². The summed E-state index contributed by atoms with van der Waals surface area (Å²) in [5.74, 6) is 2.15. The molecule has 2 atom stereocenters. The molecule has 0 spiro atoms. The lowest BCUT2D eigenvalue weighted by atomic mass is 9.82. The molecule has 2 unspecified atom stereocenters. The van der Waals surface area contributed by atoms with Crippen LogP contribution >= 0.6 is 0 Å². The highest BCUT2D eigenvalue weighted by molar-refractivity contribution is 4.88. The lowest BCUT2D eigenvalue weighted by Crippen LogP contribution is -2.39. The van der Waals surface area contributed by atoms with Crippen molar-refractivity contribution in [1.29, 1.82) is 0 Å². The molecule has 0 aliphatic heterocycles. The maximum Gasteiger partial charge on any atom is 0.0104 e. The molecule has 2 rings (SSSR count). The molecule has 2 nitrogen and oxygen atoms in total. The third kappa shape index (κ3) is 2.48. The minimum Gasteiger partial charge on any atom is -0.329 e. The van der Waals surface area contributed by atoms with Gasteiger partial charge in [-0.1, -0.05) is 12.8 Å². The van der Waals surface area contributed by atoms with Gasteiger partial charge in [0.15, 0.2) is 0 Å². The van der Waals surface area contributed by atoms with Gasteiger partial charge in [-0.25, -0.2) is 0 Å². The van der Waals surface area contributed by atoms with Crippen molar-refractivity contribution in [3.63, 3.8) is 0 Å². The van der Waals surface area contributed by atoms with E-state index in [-0.39, 0.29) is 0 Å². The topological polar surface area (TPSA) is 29.3 Å². The van der Waals surface area contributed by atoms with Gasteiger partial charge >= 0.3 is 0 Å². The van der Waals surface area contributed by atoms with E-state index in [0.717, 1.165) is 31.0 Å². The molecule has 0 saturated heterocycles. The third-order valence-electron chi connectivity index (χ3n) is 4.08. The zero-order valence-electron chi connectivity index (χ0n) is 9.41. The van der Waals surface area contributed by atoms with E-state index in [1.54, 1.807) is 0 Å². The fourth-order valence-electron chi connectivity index (χ4n) is 2.98. The van der Waals surface area contributed by atoms with Crippen LogP contribution in [0.15, 0.2) is 0 Å². The summed E-state index contributed by atoms with van der Waals surface area (Å²) >= 11 is 0. The number of hydrogen-bond donors (Lipinski definition) is 1. The number of hydrogen-bond acceptors (Lipinski definition) is 2. The van der Waals surface area contributed by atoms with Crippen molar-refractivity contribution < 1.29 is 0 Å². The molecule has 2 saturated carbocycles. The smallest absolute Gasteiger partial charge is 0.0104 e. The fourth-order valence-corrected chi connectivity index (χ4v) is 2.98. The average Bonchev–Trinajstić information content (AvgIpc) is 3.02. The van der Waals surface area contributed by atoms with Crippen LogP contribution in [0.3, 0.4) is 0 Å². The average molecular weight is 196 g/mol. The Balaban J connectivity index is 1.80. The molecule has 0 amide bonds. The summed E-state index contributed by atoms with van der Waals surface area (Å²) in [6.45, 7) is 1.88. The van der Waals surface area contributed by atoms with E-state index in [1.807, 2.05) is 0 Å². The Bertz CT molecular complexity index is 177. The number of likely N-dealkylation sites (N-methyl/N-ethyl adjacent to an activating group) is 1. The van der Waals surface area contributed by atoms with Gasteiger partial charge in [-0.2, -0.15) is 0 Å². The van der Waals surface area contributed by atoms with Crippen LogP contribution in [0.2, 0.25) is 0 Å². The van der Waals surface area contributed by atoms with Gasteiger partial charge in [0, 0.05) is 19.1 Å². The molecule has 0 radical (unpaired) electrons. The first-order valence-electron chi connectivity index (χ1n) is 6.21. The maximum absolute atomic E-state index is 5.60. The molecule has 0 bridgehead atoms. The van der Waals surface area contributed by atoms with Gasteiger partial charge < -0.3 is 10.6 Å². The number of nitrogens with two attached hydrogens (primary N) is 1. The van der Waals surface area contributed by atoms with Crippen LogP contribution in [0.25, 0.3) is 0 Å². The molecule has 2 aliphatic carbocycles. The van der Waals surface area contributed by atoms with E-state index in [2.05, 4.69) is 11.9 Å². The van der Waals surface area contributed by atoms with Crippen molar-refractivity contribution in [2.45, 2.75) is 44.6 Å². The van der Waals surface area contributed by atoms with Crippen molar-refractivity contribution in [3.05, 3.63) is 0 Å². The first-order chi connectivity index (χ1) is 6.81. The summed E-state index contributed by atoms with van der Waals surface area (Å²) in [4.78, 5) is 2.48. The molecule has 0 aromatic heterocycles. The monoisotopic (exact) mass is 196 g/mol. The van der Waals surface area contributed by atoms with Crippen LogP contribution in [0.5, 0.6) is 0 Å².